The smallest absolute Gasteiger partial charge is 0.252 e. The maximum Gasteiger partial charge on any atom is 0.252 e. The van der Waals surface area contributed by atoms with Crippen molar-refractivity contribution in [3.63, 3.8) is 0 Å². The van der Waals surface area contributed by atoms with E-state index in [-0.39, 0.29) is 5.91 Å². The van der Waals surface area contributed by atoms with Crippen molar-refractivity contribution in [3.8, 4) is 0 Å². The SMILES string of the molecule is O=C(N[C@H](NC(=S)Nc1cccc2ccccc12)C(Br)(Br)Br)c1ccccc1. The van der Waals surface area contributed by atoms with E-state index in [4.69, 9.17) is 12.2 Å². The zero-order valence-electron chi connectivity index (χ0n) is 14.5. The van der Waals surface area contributed by atoms with Crippen LogP contribution in [0.2, 0.25) is 0 Å². The van der Waals surface area contributed by atoms with E-state index in [1.165, 1.54) is 0 Å². The molecule has 0 unspecified atom stereocenters. The van der Waals surface area contributed by atoms with Gasteiger partial charge in [-0.2, -0.15) is 0 Å². The van der Waals surface area contributed by atoms with E-state index in [1.54, 1.807) is 12.1 Å². The lowest BCUT2D eigenvalue weighted by Gasteiger charge is -2.29. The van der Waals surface area contributed by atoms with Gasteiger partial charge < -0.3 is 16.0 Å². The molecule has 1 atom stereocenters. The zero-order valence-corrected chi connectivity index (χ0v) is 20.0. The predicted octanol–water partition coefficient (Wildman–Crippen LogP) is 5.72. The second-order valence-corrected chi connectivity index (χ2v) is 13.3. The summed E-state index contributed by atoms with van der Waals surface area (Å²) in [4.78, 5) is 12.5. The number of rotatable bonds is 4. The normalized spacial score (nSPS) is 12.2. The second-order valence-electron chi connectivity index (χ2n) is 5.94. The number of fused-ring (bicyclic) bond motifs is 1. The molecule has 0 saturated carbocycles. The first-order valence-corrected chi connectivity index (χ1v) is 11.1. The average molecular weight is 586 g/mol. The molecule has 0 fully saturated rings. The van der Waals surface area contributed by atoms with Crippen LogP contribution in [-0.2, 0) is 0 Å². The van der Waals surface area contributed by atoms with Crippen LogP contribution in [0.25, 0.3) is 10.8 Å². The molecule has 0 spiro atoms. The van der Waals surface area contributed by atoms with Gasteiger partial charge in [0.25, 0.3) is 5.91 Å². The van der Waals surface area contributed by atoms with E-state index in [9.17, 15) is 4.79 Å². The molecule has 0 aliphatic carbocycles. The standard InChI is InChI=1S/C20H16Br3N3OS/c21-20(22,23)18(25-17(27)14-8-2-1-3-9-14)26-19(28)24-16-12-6-10-13-7-4-5-11-15(13)16/h1-12,18H,(H,25,27)(H2,24,26,28)/t18-/m1/s1. The molecule has 0 bridgehead atoms. The van der Waals surface area contributed by atoms with Crippen molar-refractivity contribution in [2.45, 2.75) is 8.31 Å². The summed E-state index contributed by atoms with van der Waals surface area (Å²) in [5, 5.41) is 11.8. The molecule has 3 rings (SSSR count). The molecule has 3 aromatic carbocycles. The maximum absolute atomic E-state index is 12.5. The van der Waals surface area contributed by atoms with Crippen LogP contribution in [0.3, 0.4) is 0 Å². The number of halogens is 3. The van der Waals surface area contributed by atoms with Gasteiger partial charge in [0.05, 0.1) is 0 Å². The quantitative estimate of drug-likeness (QED) is 0.208. The van der Waals surface area contributed by atoms with E-state index in [0.29, 0.717) is 10.7 Å². The van der Waals surface area contributed by atoms with Crippen molar-refractivity contribution in [2.24, 2.45) is 0 Å². The van der Waals surface area contributed by atoms with Crippen LogP contribution in [0.1, 0.15) is 10.4 Å². The predicted molar refractivity (Wildman–Crippen MR) is 131 cm³/mol. The van der Waals surface area contributed by atoms with Crippen LogP contribution in [0, 0.1) is 0 Å². The Hall–Kier alpha value is -1.48. The highest BCUT2D eigenvalue weighted by atomic mass is 80.0. The molecule has 3 aromatic rings. The monoisotopic (exact) mass is 583 g/mol. The van der Waals surface area contributed by atoms with E-state index in [0.717, 1.165) is 16.5 Å². The number of amides is 1. The molecule has 0 aliphatic heterocycles. The summed E-state index contributed by atoms with van der Waals surface area (Å²) in [5.74, 6) is -0.228. The van der Waals surface area contributed by atoms with E-state index < -0.39 is 8.31 Å². The topological polar surface area (TPSA) is 53.2 Å². The number of hydrogen-bond acceptors (Lipinski definition) is 2. The molecular weight excluding hydrogens is 570 g/mol. The van der Waals surface area contributed by atoms with E-state index in [1.807, 2.05) is 60.7 Å². The third-order valence-electron chi connectivity index (χ3n) is 3.95. The summed E-state index contributed by atoms with van der Waals surface area (Å²) in [6.07, 6.45) is -0.588. The summed E-state index contributed by atoms with van der Waals surface area (Å²) >= 11 is 15.9. The average Bonchev–Trinajstić information content (AvgIpc) is 2.67. The molecule has 4 nitrogen and oxygen atoms in total. The van der Waals surface area contributed by atoms with Crippen molar-refractivity contribution in [3.05, 3.63) is 78.4 Å². The Morgan fingerprint density at radius 3 is 2.21 bits per heavy atom. The molecule has 1 amide bonds. The Kier molecular flexibility index (Phi) is 7.09. The molecule has 0 saturated heterocycles. The fraction of sp³-hybridized carbons (Fsp3) is 0.100. The van der Waals surface area contributed by atoms with Gasteiger partial charge in [-0.05, 0) is 35.8 Å². The third kappa shape index (κ3) is 5.53. The number of nitrogens with one attached hydrogen (secondary N) is 3. The fourth-order valence-electron chi connectivity index (χ4n) is 2.63. The third-order valence-corrected chi connectivity index (χ3v) is 5.55. The number of anilines is 1. The molecule has 0 radical (unpaired) electrons. The first kappa shape index (κ1) is 21.2. The summed E-state index contributed by atoms with van der Waals surface area (Å²) in [5.41, 5.74) is 1.44. The van der Waals surface area contributed by atoms with Crippen LogP contribution in [0.4, 0.5) is 5.69 Å². The largest absolute Gasteiger partial charge is 0.340 e. The lowest BCUT2D eigenvalue weighted by atomic mass is 10.1. The first-order chi connectivity index (χ1) is 13.3. The lowest BCUT2D eigenvalue weighted by molar-refractivity contribution is 0.0936. The molecule has 3 N–H and O–H groups in total. The molecular formula is C20H16Br3N3OS. The summed E-state index contributed by atoms with van der Waals surface area (Å²) in [6.45, 7) is 0. The minimum absolute atomic E-state index is 0.228. The summed E-state index contributed by atoms with van der Waals surface area (Å²) in [6, 6.07) is 23.0. The molecule has 0 aliphatic rings. The minimum Gasteiger partial charge on any atom is -0.340 e. The number of hydrogen-bond donors (Lipinski definition) is 3. The number of carbonyl (C=O) groups is 1. The molecule has 144 valence electrons. The first-order valence-electron chi connectivity index (χ1n) is 8.32. The Labute approximate surface area is 193 Å². The van der Waals surface area contributed by atoms with Gasteiger partial charge >= 0.3 is 0 Å². The highest BCUT2D eigenvalue weighted by Crippen LogP contribution is 2.36. The molecule has 8 heteroatoms. The van der Waals surface area contributed by atoms with Gasteiger partial charge in [-0.1, -0.05) is 102 Å². The number of thiocarbonyl (C=S) groups is 1. The summed E-state index contributed by atoms with van der Waals surface area (Å²) in [7, 11) is 0. The number of benzene rings is 3. The van der Waals surface area contributed by atoms with Crippen LogP contribution in [0.5, 0.6) is 0 Å². The van der Waals surface area contributed by atoms with Gasteiger partial charge in [-0.3, -0.25) is 4.79 Å². The van der Waals surface area contributed by atoms with Gasteiger partial charge in [-0.25, -0.2) is 0 Å². The minimum atomic E-state index is -0.804. The highest BCUT2D eigenvalue weighted by molar-refractivity contribution is 9.39. The lowest BCUT2D eigenvalue weighted by Crippen LogP contribution is -2.55. The van der Waals surface area contributed by atoms with E-state index in [2.05, 4.69) is 63.7 Å². The molecule has 28 heavy (non-hydrogen) atoms. The van der Waals surface area contributed by atoms with Crippen molar-refractivity contribution in [1.82, 2.24) is 10.6 Å². The van der Waals surface area contributed by atoms with Crippen LogP contribution < -0.4 is 16.0 Å². The fourth-order valence-corrected chi connectivity index (χ4v) is 3.54. The van der Waals surface area contributed by atoms with Gasteiger partial charge in [0.15, 0.2) is 7.26 Å². The van der Waals surface area contributed by atoms with Crippen LogP contribution in [-0.4, -0.2) is 19.3 Å². The highest BCUT2D eigenvalue weighted by Gasteiger charge is 2.33. The van der Waals surface area contributed by atoms with Gasteiger partial charge in [-0.15, -0.1) is 0 Å². The number of carbonyl (C=O) groups excluding carboxylic acids is 1. The molecule has 0 heterocycles. The van der Waals surface area contributed by atoms with Crippen LogP contribution in [0.15, 0.2) is 72.8 Å². The Morgan fingerprint density at radius 1 is 0.857 bits per heavy atom. The van der Waals surface area contributed by atoms with Crippen molar-refractivity contribution < 1.29 is 4.79 Å². The Morgan fingerprint density at radius 2 is 1.50 bits per heavy atom. The van der Waals surface area contributed by atoms with Gasteiger partial charge in [0.2, 0.25) is 0 Å². The second kappa shape index (κ2) is 9.35. The van der Waals surface area contributed by atoms with Crippen molar-refractivity contribution >= 4 is 87.5 Å². The maximum atomic E-state index is 12.5. The Bertz CT molecular complexity index is 987. The number of alkyl halides is 3. The van der Waals surface area contributed by atoms with Crippen molar-refractivity contribution in [1.29, 1.82) is 0 Å². The zero-order chi connectivity index (χ0) is 20.1. The summed E-state index contributed by atoms with van der Waals surface area (Å²) < 4.78 is -0.804. The Balaban J connectivity index is 1.74. The van der Waals surface area contributed by atoms with Gasteiger partial charge in [0.1, 0.15) is 6.17 Å². The van der Waals surface area contributed by atoms with Crippen LogP contribution >= 0.6 is 60.0 Å². The van der Waals surface area contributed by atoms with E-state index >= 15 is 0 Å². The molecule has 0 aromatic heterocycles. The van der Waals surface area contributed by atoms with Crippen molar-refractivity contribution in [2.75, 3.05) is 5.32 Å². The van der Waals surface area contributed by atoms with Gasteiger partial charge in [0, 0.05) is 16.6 Å².